The normalized spacial score (nSPS) is 34.8. The van der Waals surface area contributed by atoms with Gasteiger partial charge in [-0.15, -0.1) is 0 Å². The first kappa shape index (κ1) is 6.59. The third-order valence-corrected chi connectivity index (χ3v) is 2.10. The molecule has 0 radical (unpaired) electrons. The summed E-state index contributed by atoms with van der Waals surface area (Å²) in [7, 11) is 0. The fraction of sp³-hybridized carbons (Fsp3) is 0.857. The van der Waals surface area contributed by atoms with E-state index in [1.54, 1.807) is 0 Å². The van der Waals surface area contributed by atoms with Crippen LogP contribution in [-0.4, -0.2) is 5.91 Å². The van der Waals surface area contributed by atoms with Crippen LogP contribution in [0.15, 0.2) is 0 Å². The third-order valence-electron chi connectivity index (χ3n) is 2.10. The number of primary amides is 1. The lowest BCUT2D eigenvalue weighted by atomic mass is 10.1. The lowest BCUT2D eigenvalue weighted by molar-refractivity contribution is -0.121. The molecule has 0 bridgehead atoms. The van der Waals surface area contributed by atoms with Gasteiger partial charge in [-0.05, 0) is 25.2 Å². The van der Waals surface area contributed by atoms with Crippen LogP contribution >= 0.6 is 0 Å². The van der Waals surface area contributed by atoms with Crippen LogP contribution in [0.1, 0.15) is 26.2 Å². The van der Waals surface area contributed by atoms with E-state index in [0.29, 0.717) is 5.92 Å². The molecule has 2 N–H and O–H groups in total. The quantitative estimate of drug-likeness (QED) is 0.559. The molecule has 2 nitrogen and oxygen atoms in total. The van der Waals surface area contributed by atoms with Crippen LogP contribution in [0.5, 0.6) is 0 Å². The second kappa shape index (κ2) is 2.38. The lowest BCUT2D eigenvalue weighted by Crippen LogP contribution is -2.20. The van der Waals surface area contributed by atoms with Gasteiger partial charge < -0.3 is 5.73 Å². The Morgan fingerprint density at radius 2 is 2.22 bits per heavy atom. The molecular weight excluding hydrogens is 114 g/mol. The zero-order valence-corrected chi connectivity index (χ0v) is 5.76. The zero-order chi connectivity index (χ0) is 6.85. The Labute approximate surface area is 55.4 Å². The largest absolute Gasteiger partial charge is 0.369 e. The Kier molecular flexibility index (Phi) is 1.74. The average molecular weight is 127 g/mol. The molecule has 1 fully saturated rings. The van der Waals surface area contributed by atoms with Crippen molar-refractivity contribution in [1.29, 1.82) is 0 Å². The maximum absolute atomic E-state index is 10.6. The molecule has 0 aromatic rings. The van der Waals surface area contributed by atoms with Crippen molar-refractivity contribution in [3.05, 3.63) is 0 Å². The van der Waals surface area contributed by atoms with Crippen molar-refractivity contribution in [3.8, 4) is 0 Å². The molecule has 0 heterocycles. The first-order valence-corrected chi connectivity index (χ1v) is 3.49. The smallest absolute Gasteiger partial charge is 0.220 e. The van der Waals surface area contributed by atoms with Gasteiger partial charge in [0.2, 0.25) is 5.91 Å². The predicted molar refractivity (Wildman–Crippen MR) is 35.7 cm³/mol. The molecule has 0 aliphatic heterocycles. The Morgan fingerprint density at radius 3 is 2.44 bits per heavy atom. The highest BCUT2D eigenvalue weighted by molar-refractivity contribution is 5.76. The van der Waals surface area contributed by atoms with Gasteiger partial charge in [-0.2, -0.15) is 0 Å². The van der Waals surface area contributed by atoms with E-state index in [1.807, 2.05) is 0 Å². The van der Waals surface area contributed by atoms with Gasteiger partial charge in [0.15, 0.2) is 0 Å². The Morgan fingerprint density at radius 1 is 1.56 bits per heavy atom. The topological polar surface area (TPSA) is 43.1 Å². The summed E-state index contributed by atoms with van der Waals surface area (Å²) in [6.07, 6.45) is 3.19. The van der Waals surface area contributed by atoms with E-state index in [1.165, 1.54) is 6.42 Å². The van der Waals surface area contributed by atoms with Crippen molar-refractivity contribution in [2.24, 2.45) is 17.6 Å². The van der Waals surface area contributed by atoms with Crippen molar-refractivity contribution < 1.29 is 4.79 Å². The van der Waals surface area contributed by atoms with Crippen LogP contribution in [-0.2, 0) is 4.79 Å². The summed E-state index contributed by atoms with van der Waals surface area (Å²) in [5.74, 6) is 0.779. The summed E-state index contributed by atoms with van der Waals surface area (Å²) >= 11 is 0. The number of hydrogen-bond acceptors (Lipinski definition) is 1. The van der Waals surface area contributed by atoms with E-state index in [2.05, 4.69) is 6.92 Å². The molecule has 2 heteroatoms. The second-order valence-corrected chi connectivity index (χ2v) is 3.02. The molecule has 0 aromatic carbocycles. The van der Waals surface area contributed by atoms with Crippen molar-refractivity contribution in [1.82, 2.24) is 0 Å². The van der Waals surface area contributed by atoms with E-state index in [4.69, 9.17) is 5.73 Å². The molecule has 9 heavy (non-hydrogen) atoms. The molecule has 1 rings (SSSR count). The fourth-order valence-electron chi connectivity index (χ4n) is 1.47. The molecule has 52 valence electrons. The van der Waals surface area contributed by atoms with Gasteiger partial charge in [0.25, 0.3) is 0 Å². The monoisotopic (exact) mass is 127 g/mol. The van der Waals surface area contributed by atoms with Crippen LogP contribution in [0, 0.1) is 11.8 Å². The Balaban J connectivity index is 2.39. The Hall–Kier alpha value is -0.530. The van der Waals surface area contributed by atoms with Gasteiger partial charge in [-0.25, -0.2) is 0 Å². The average Bonchev–Trinajstić information content (AvgIpc) is 2.14. The van der Waals surface area contributed by atoms with Crippen LogP contribution < -0.4 is 5.73 Å². The summed E-state index contributed by atoms with van der Waals surface area (Å²) < 4.78 is 0. The molecular formula is C7H13NO. The van der Waals surface area contributed by atoms with Crippen LogP contribution in [0.25, 0.3) is 0 Å². The fourth-order valence-corrected chi connectivity index (χ4v) is 1.47. The highest BCUT2D eigenvalue weighted by Crippen LogP contribution is 2.29. The summed E-state index contributed by atoms with van der Waals surface area (Å²) in [6.45, 7) is 2.17. The SMILES string of the molecule is C[C@H]1CC[C@@H](C(N)=O)C1. The molecule has 2 atom stereocenters. The molecule has 1 aliphatic carbocycles. The standard InChI is InChI=1S/C7H13NO/c1-5-2-3-6(4-5)7(8)9/h5-6H,2-4H2,1H3,(H2,8,9)/t5-,6+/m0/s1. The second-order valence-electron chi connectivity index (χ2n) is 3.02. The van der Waals surface area contributed by atoms with Crippen molar-refractivity contribution >= 4 is 5.91 Å². The number of amides is 1. The molecule has 1 amide bonds. The van der Waals surface area contributed by atoms with E-state index in [9.17, 15) is 4.79 Å². The highest BCUT2D eigenvalue weighted by atomic mass is 16.1. The maximum atomic E-state index is 10.6. The van der Waals surface area contributed by atoms with Crippen molar-refractivity contribution in [2.45, 2.75) is 26.2 Å². The first-order chi connectivity index (χ1) is 4.20. The van der Waals surface area contributed by atoms with Crippen molar-refractivity contribution in [3.63, 3.8) is 0 Å². The Bertz CT molecular complexity index is 122. The summed E-state index contributed by atoms with van der Waals surface area (Å²) in [4.78, 5) is 10.6. The van der Waals surface area contributed by atoms with E-state index in [-0.39, 0.29) is 11.8 Å². The van der Waals surface area contributed by atoms with E-state index < -0.39 is 0 Å². The maximum Gasteiger partial charge on any atom is 0.220 e. The zero-order valence-electron chi connectivity index (χ0n) is 5.76. The molecule has 0 aromatic heterocycles. The molecule has 1 aliphatic rings. The van der Waals surface area contributed by atoms with Gasteiger partial charge in [-0.3, -0.25) is 4.79 Å². The summed E-state index contributed by atoms with van der Waals surface area (Å²) in [5.41, 5.74) is 5.12. The van der Waals surface area contributed by atoms with E-state index in [0.717, 1.165) is 12.8 Å². The van der Waals surface area contributed by atoms with Gasteiger partial charge in [0.05, 0.1) is 0 Å². The number of rotatable bonds is 1. The summed E-state index contributed by atoms with van der Waals surface area (Å²) in [5, 5.41) is 0. The number of carbonyl (C=O) groups is 1. The van der Waals surface area contributed by atoms with Crippen molar-refractivity contribution in [2.75, 3.05) is 0 Å². The minimum Gasteiger partial charge on any atom is -0.369 e. The predicted octanol–water partition coefficient (Wildman–Crippen LogP) is 0.908. The van der Waals surface area contributed by atoms with Gasteiger partial charge >= 0.3 is 0 Å². The minimum absolute atomic E-state index is 0.112. The molecule has 1 saturated carbocycles. The number of carbonyl (C=O) groups excluding carboxylic acids is 1. The van der Waals surface area contributed by atoms with Gasteiger partial charge in [-0.1, -0.05) is 6.92 Å². The molecule has 0 saturated heterocycles. The van der Waals surface area contributed by atoms with Crippen LogP contribution in [0.2, 0.25) is 0 Å². The number of hydrogen-bond donors (Lipinski definition) is 1. The summed E-state index contributed by atoms with van der Waals surface area (Å²) in [6, 6.07) is 0. The van der Waals surface area contributed by atoms with Crippen LogP contribution in [0.3, 0.4) is 0 Å². The number of nitrogens with two attached hydrogens (primary N) is 1. The molecule has 0 unspecified atom stereocenters. The highest BCUT2D eigenvalue weighted by Gasteiger charge is 2.24. The lowest BCUT2D eigenvalue weighted by Gasteiger charge is -2.01. The molecule has 0 spiro atoms. The van der Waals surface area contributed by atoms with Crippen LogP contribution in [0.4, 0.5) is 0 Å². The van der Waals surface area contributed by atoms with E-state index >= 15 is 0 Å². The third kappa shape index (κ3) is 1.44. The van der Waals surface area contributed by atoms with Gasteiger partial charge in [0.1, 0.15) is 0 Å². The van der Waals surface area contributed by atoms with Gasteiger partial charge in [0, 0.05) is 5.92 Å². The first-order valence-electron chi connectivity index (χ1n) is 3.49. The minimum atomic E-state index is -0.112.